The summed E-state index contributed by atoms with van der Waals surface area (Å²) in [4.78, 5) is 29.1. The van der Waals surface area contributed by atoms with Gasteiger partial charge in [-0.2, -0.15) is 10.1 Å². The number of rotatable bonds is 10. The van der Waals surface area contributed by atoms with Gasteiger partial charge in [-0.1, -0.05) is 44.2 Å². The van der Waals surface area contributed by atoms with Crippen molar-refractivity contribution in [2.24, 2.45) is 16.0 Å². The number of esters is 2. The van der Waals surface area contributed by atoms with Gasteiger partial charge in [0.25, 0.3) is 0 Å². The van der Waals surface area contributed by atoms with Gasteiger partial charge < -0.3 is 9.47 Å². The van der Waals surface area contributed by atoms with Gasteiger partial charge in [0.2, 0.25) is 5.66 Å². The van der Waals surface area contributed by atoms with Crippen LogP contribution in [-0.4, -0.2) is 36.0 Å². The molecule has 1 N–H and O–H groups in total. The fourth-order valence-corrected chi connectivity index (χ4v) is 3.32. The van der Waals surface area contributed by atoms with E-state index >= 15 is 0 Å². The molecule has 2 atom stereocenters. The molecule has 0 amide bonds. The quantitative estimate of drug-likeness (QED) is 0.282. The molecule has 7 nitrogen and oxygen atoms in total. The van der Waals surface area contributed by atoms with Crippen LogP contribution in [0.25, 0.3) is 0 Å². The van der Waals surface area contributed by atoms with Crippen molar-refractivity contribution in [2.75, 3.05) is 13.2 Å². The first-order chi connectivity index (χ1) is 12.8. The zero-order chi connectivity index (χ0) is 20.5. The van der Waals surface area contributed by atoms with E-state index in [2.05, 4.69) is 15.3 Å². The predicted octanol–water partition coefficient (Wildman–Crippen LogP) is 3.93. The van der Waals surface area contributed by atoms with Gasteiger partial charge >= 0.3 is 11.9 Å². The summed E-state index contributed by atoms with van der Waals surface area (Å²) in [5, 5.41) is 5.77. The molecule has 1 rings (SSSR count). The molecule has 146 valence electrons. The number of nitrogens with zero attached hydrogens (tertiary/aromatic N) is 2. The molecular weight excluding hydrogens is 366 g/mol. The third-order valence-corrected chi connectivity index (χ3v) is 4.46. The Bertz CT molecular complexity index is 717. The highest BCUT2D eigenvalue weighted by Gasteiger charge is 2.54. The van der Waals surface area contributed by atoms with Gasteiger partial charge in [0.1, 0.15) is 5.92 Å². The Kier molecular flexibility index (Phi) is 8.40. The second kappa shape index (κ2) is 10.0. The maximum absolute atomic E-state index is 12.9. The number of hydrogen-bond donors (Lipinski definition) is 1. The first-order valence-corrected chi connectivity index (χ1v) is 9.05. The number of benzene rings is 1. The minimum Gasteiger partial charge on any atom is -0.466 e. The van der Waals surface area contributed by atoms with Gasteiger partial charge in [-0.25, -0.2) is 5.53 Å². The number of aliphatic imine (C=N–C) groups is 1. The van der Waals surface area contributed by atoms with Crippen molar-refractivity contribution in [3.8, 4) is 0 Å². The lowest BCUT2D eigenvalue weighted by Gasteiger charge is -2.40. The lowest BCUT2D eigenvalue weighted by Crippen LogP contribution is -2.51. The first-order valence-electron chi connectivity index (χ1n) is 8.64. The third kappa shape index (κ3) is 5.28. The van der Waals surface area contributed by atoms with Gasteiger partial charge in [-0.05, 0) is 31.6 Å². The lowest BCUT2D eigenvalue weighted by atomic mass is 9.67. The molecule has 0 saturated carbocycles. The summed E-state index contributed by atoms with van der Waals surface area (Å²) >= 11 is 4.73. The first kappa shape index (κ1) is 22.6. The molecule has 0 spiro atoms. The zero-order valence-electron chi connectivity index (χ0n) is 16.0. The number of hydrogen-bond acceptors (Lipinski definition) is 8. The topological polar surface area (TPSA) is 101 Å². The Morgan fingerprint density at radius 2 is 1.78 bits per heavy atom. The van der Waals surface area contributed by atoms with Crippen molar-refractivity contribution >= 4 is 29.3 Å². The highest BCUT2D eigenvalue weighted by Crippen LogP contribution is 2.43. The van der Waals surface area contributed by atoms with E-state index in [-0.39, 0.29) is 13.2 Å². The Balaban J connectivity index is 3.61. The highest BCUT2D eigenvalue weighted by molar-refractivity contribution is 7.78. The van der Waals surface area contributed by atoms with E-state index in [0.717, 1.165) is 5.56 Å². The van der Waals surface area contributed by atoms with Crippen molar-refractivity contribution < 1.29 is 19.1 Å². The third-order valence-electron chi connectivity index (χ3n) is 4.37. The van der Waals surface area contributed by atoms with Crippen molar-refractivity contribution in [1.29, 1.82) is 5.53 Å². The Morgan fingerprint density at radius 3 is 2.26 bits per heavy atom. The SMILES string of the molecule is CCOC(=O)CC(N=N)(N=C=S)C(C(=O)OCC)C(C)(C)c1ccccc1. The van der Waals surface area contributed by atoms with Crippen LogP contribution in [0.3, 0.4) is 0 Å². The summed E-state index contributed by atoms with van der Waals surface area (Å²) in [5.41, 5.74) is 5.89. The Morgan fingerprint density at radius 1 is 1.19 bits per heavy atom. The normalized spacial score (nSPS) is 14.2. The van der Waals surface area contributed by atoms with Crippen LogP contribution in [0.2, 0.25) is 0 Å². The molecule has 0 aromatic heterocycles. The van der Waals surface area contributed by atoms with E-state index in [9.17, 15) is 9.59 Å². The summed E-state index contributed by atoms with van der Waals surface area (Å²) in [7, 11) is 0. The van der Waals surface area contributed by atoms with Crippen molar-refractivity contribution in [2.45, 2.75) is 45.2 Å². The molecule has 0 heterocycles. The van der Waals surface area contributed by atoms with Gasteiger partial charge in [0.15, 0.2) is 0 Å². The fraction of sp³-hybridized carbons (Fsp3) is 0.526. The molecule has 0 fully saturated rings. The molecule has 8 heteroatoms. The molecule has 0 radical (unpaired) electrons. The predicted molar refractivity (Wildman–Crippen MR) is 104 cm³/mol. The molecule has 0 aliphatic rings. The number of thiocarbonyl (C=S) groups is 1. The molecule has 2 unspecified atom stereocenters. The van der Waals surface area contributed by atoms with Crippen LogP contribution in [0.5, 0.6) is 0 Å². The van der Waals surface area contributed by atoms with E-state index in [1.807, 2.05) is 44.2 Å². The van der Waals surface area contributed by atoms with Crippen LogP contribution in [0.15, 0.2) is 40.4 Å². The van der Waals surface area contributed by atoms with E-state index in [1.165, 1.54) is 0 Å². The molecule has 27 heavy (non-hydrogen) atoms. The summed E-state index contributed by atoms with van der Waals surface area (Å²) in [6.45, 7) is 7.26. The van der Waals surface area contributed by atoms with Crippen LogP contribution in [-0.2, 0) is 24.5 Å². The molecular formula is C19H25N3O4S. The molecule has 1 aromatic carbocycles. The summed E-state index contributed by atoms with van der Waals surface area (Å²) in [5.74, 6) is -2.36. The number of carbonyl (C=O) groups excluding carboxylic acids is 2. The molecule has 0 aliphatic carbocycles. The fourth-order valence-electron chi connectivity index (χ4n) is 3.16. The van der Waals surface area contributed by atoms with Crippen molar-refractivity contribution in [1.82, 2.24) is 0 Å². The van der Waals surface area contributed by atoms with Gasteiger partial charge in [0, 0.05) is 5.41 Å². The summed E-state index contributed by atoms with van der Waals surface area (Å²) < 4.78 is 10.2. The van der Waals surface area contributed by atoms with Crippen LogP contribution in [0.4, 0.5) is 0 Å². The minimum absolute atomic E-state index is 0.134. The maximum Gasteiger partial charge on any atom is 0.314 e. The average molecular weight is 391 g/mol. The standard InChI is InChI=1S/C19H25N3O4S/c1-5-25-15(23)12-19(22-20,21-13-27)16(17(24)26-6-2)18(3,4)14-10-8-7-9-11-14/h7-11,16,20H,5-6,12H2,1-4H3. The second-order valence-corrected chi connectivity index (χ2v) is 6.63. The number of carbonyl (C=O) groups is 2. The zero-order valence-corrected chi connectivity index (χ0v) is 16.8. The molecule has 0 saturated heterocycles. The highest BCUT2D eigenvalue weighted by atomic mass is 32.1. The van der Waals surface area contributed by atoms with Gasteiger partial charge in [-0.15, -0.1) is 0 Å². The van der Waals surface area contributed by atoms with Crippen LogP contribution >= 0.6 is 12.2 Å². The van der Waals surface area contributed by atoms with Gasteiger partial charge in [0.05, 0.1) is 24.8 Å². The van der Waals surface area contributed by atoms with E-state index in [0.29, 0.717) is 0 Å². The smallest absolute Gasteiger partial charge is 0.314 e. The largest absolute Gasteiger partial charge is 0.466 e. The molecule has 0 bridgehead atoms. The average Bonchev–Trinajstić information content (AvgIpc) is 2.62. The van der Waals surface area contributed by atoms with E-state index in [1.54, 1.807) is 13.8 Å². The Labute approximate surface area is 164 Å². The number of nitrogens with one attached hydrogen (secondary N) is 1. The summed E-state index contributed by atoms with van der Waals surface area (Å²) in [6, 6.07) is 9.24. The molecule has 0 aliphatic heterocycles. The molecule has 1 aromatic rings. The van der Waals surface area contributed by atoms with Crippen molar-refractivity contribution in [3.63, 3.8) is 0 Å². The van der Waals surface area contributed by atoms with Crippen LogP contribution in [0, 0.1) is 11.4 Å². The van der Waals surface area contributed by atoms with E-state index in [4.69, 9.17) is 27.2 Å². The number of isothiocyanates is 1. The van der Waals surface area contributed by atoms with E-state index < -0.39 is 35.4 Å². The van der Waals surface area contributed by atoms with Crippen molar-refractivity contribution in [3.05, 3.63) is 35.9 Å². The lowest BCUT2D eigenvalue weighted by molar-refractivity contribution is -0.155. The minimum atomic E-state index is -1.81. The summed E-state index contributed by atoms with van der Waals surface area (Å²) in [6.07, 6.45) is -0.423. The number of ether oxygens (including phenoxy) is 2. The maximum atomic E-state index is 12.9. The van der Waals surface area contributed by atoms with Crippen LogP contribution < -0.4 is 0 Å². The van der Waals surface area contributed by atoms with Gasteiger partial charge in [-0.3, -0.25) is 9.59 Å². The Hall–Kier alpha value is -2.44. The monoisotopic (exact) mass is 391 g/mol. The second-order valence-electron chi connectivity index (χ2n) is 6.45. The van der Waals surface area contributed by atoms with Crippen LogP contribution in [0.1, 0.15) is 39.7 Å².